The predicted octanol–water partition coefficient (Wildman–Crippen LogP) is 5.17. The van der Waals surface area contributed by atoms with Crippen LogP contribution in [0.5, 0.6) is 0 Å². The summed E-state index contributed by atoms with van der Waals surface area (Å²) >= 11 is 9.09. The largest absolute Gasteiger partial charge is 0.296 e. The van der Waals surface area contributed by atoms with Crippen LogP contribution in [-0.2, 0) is 0 Å². The molecule has 0 aliphatic carbocycles. The Balaban J connectivity index is 1.76. The molecule has 0 aliphatic heterocycles. The van der Waals surface area contributed by atoms with Gasteiger partial charge in [0, 0.05) is 28.4 Å². The monoisotopic (exact) mass is 427 g/mol. The van der Waals surface area contributed by atoms with Gasteiger partial charge < -0.3 is 0 Å². The number of amides is 1. The van der Waals surface area contributed by atoms with Gasteiger partial charge in [0.2, 0.25) is 5.13 Å². The molecule has 3 heterocycles. The van der Waals surface area contributed by atoms with Crippen LogP contribution in [0.1, 0.15) is 17.3 Å². The van der Waals surface area contributed by atoms with E-state index in [4.69, 9.17) is 11.6 Å². The molecule has 0 saturated heterocycles. The van der Waals surface area contributed by atoms with Gasteiger partial charge >= 0.3 is 0 Å². The van der Waals surface area contributed by atoms with E-state index in [0.717, 1.165) is 15.7 Å². The number of nitrogens with one attached hydrogen (secondary N) is 1. The van der Waals surface area contributed by atoms with Crippen LogP contribution in [-0.4, -0.2) is 31.8 Å². The molecule has 0 aliphatic rings. The van der Waals surface area contributed by atoms with E-state index in [1.165, 1.54) is 11.3 Å². The average molecular weight is 428 g/mol. The minimum atomic E-state index is -0.288. The van der Waals surface area contributed by atoms with E-state index in [-0.39, 0.29) is 5.91 Å². The number of thioether (sulfide) groups is 1. The number of nitrogens with zero attached hydrogens (tertiary/aromatic N) is 4. The molecule has 4 rings (SSSR count). The Morgan fingerprint density at radius 3 is 2.93 bits per heavy atom. The fraction of sp³-hybridized carbons (Fsp3) is 0.105. The third kappa shape index (κ3) is 3.99. The summed E-state index contributed by atoms with van der Waals surface area (Å²) in [4.78, 5) is 21.8. The Morgan fingerprint density at radius 2 is 2.14 bits per heavy atom. The lowest BCUT2D eigenvalue weighted by Crippen LogP contribution is -2.13. The number of carbonyl (C=O) groups excluding carboxylic acids is 1. The summed E-state index contributed by atoms with van der Waals surface area (Å²) in [6, 6.07) is 10.8. The maximum absolute atomic E-state index is 13.0. The van der Waals surface area contributed by atoms with Crippen molar-refractivity contribution in [2.75, 3.05) is 11.1 Å². The normalized spacial score (nSPS) is 10.9. The number of fused-ring (bicyclic) bond motifs is 1. The first-order chi connectivity index (χ1) is 13.6. The zero-order valence-electron chi connectivity index (χ0n) is 14.7. The molecule has 28 heavy (non-hydrogen) atoms. The average Bonchev–Trinajstić information content (AvgIpc) is 3.15. The van der Waals surface area contributed by atoms with E-state index in [1.54, 1.807) is 48.4 Å². The van der Waals surface area contributed by atoms with E-state index in [2.05, 4.69) is 25.5 Å². The summed E-state index contributed by atoms with van der Waals surface area (Å²) < 4.78 is 0.816. The van der Waals surface area contributed by atoms with E-state index in [0.29, 0.717) is 32.3 Å². The van der Waals surface area contributed by atoms with Crippen molar-refractivity contribution in [3.63, 3.8) is 0 Å². The molecule has 0 spiro atoms. The van der Waals surface area contributed by atoms with Gasteiger partial charge in [-0.3, -0.25) is 15.1 Å². The topological polar surface area (TPSA) is 80.7 Å². The fourth-order valence-electron chi connectivity index (χ4n) is 2.65. The molecule has 1 amide bonds. The first-order valence-electron chi connectivity index (χ1n) is 8.42. The maximum Gasteiger partial charge on any atom is 0.258 e. The number of aromatic nitrogens is 4. The second kappa shape index (κ2) is 8.22. The Bertz CT molecular complexity index is 1150. The van der Waals surface area contributed by atoms with Crippen molar-refractivity contribution in [3.8, 4) is 11.3 Å². The predicted molar refractivity (Wildman–Crippen MR) is 114 cm³/mol. The second-order valence-corrected chi connectivity index (χ2v) is 8.64. The van der Waals surface area contributed by atoms with Crippen molar-refractivity contribution in [1.82, 2.24) is 20.2 Å². The number of carbonyl (C=O) groups is 1. The van der Waals surface area contributed by atoms with Gasteiger partial charge in [-0.15, -0.1) is 10.2 Å². The van der Waals surface area contributed by atoms with E-state index in [9.17, 15) is 4.79 Å². The minimum Gasteiger partial charge on any atom is -0.296 e. The van der Waals surface area contributed by atoms with Gasteiger partial charge in [0.15, 0.2) is 4.34 Å². The van der Waals surface area contributed by atoms with Crippen molar-refractivity contribution in [2.45, 2.75) is 11.3 Å². The quantitative estimate of drug-likeness (QED) is 0.349. The third-order valence-electron chi connectivity index (χ3n) is 3.87. The number of anilines is 1. The maximum atomic E-state index is 13.0. The fourth-order valence-corrected chi connectivity index (χ4v) is 4.47. The summed E-state index contributed by atoms with van der Waals surface area (Å²) in [5.74, 6) is 0.605. The van der Waals surface area contributed by atoms with Crippen molar-refractivity contribution in [1.29, 1.82) is 0 Å². The van der Waals surface area contributed by atoms with Crippen LogP contribution in [0.3, 0.4) is 0 Å². The Labute approximate surface area is 174 Å². The van der Waals surface area contributed by atoms with Gasteiger partial charge in [-0.2, -0.15) is 0 Å². The van der Waals surface area contributed by atoms with E-state index < -0.39 is 0 Å². The van der Waals surface area contributed by atoms with Gasteiger partial charge in [-0.25, -0.2) is 4.98 Å². The van der Waals surface area contributed by atoms with Gasteiger partial charge in [0.25, 0.3) is 5.91 Å². The van der Waals surface area contributed by atoms with Crippen LogP contribution in [0.15, 0.2) is 53.1 Å². The van der Waals surface area contributed by atoms with Crippen LogP contribution in [0.2, 0.25) is 5.02 Å². The van der Waals surface area contributed by atoms with Gasteiger partial charge in [0.05, 0.1) is 16.8 Å². The van der Waals surface area contributed by atoms with Crippen molar-refractivity contribution >= 4 is 56.6 Å². The Kier molecular flexibility index (Phi) is 5.52. The van der Waals surface area contributed by atoms with Crippen LogP contribution < -0.4 is 5.32 Å². The zero-order valence-corrected chi connectivity index (χ0v) is 17.1. The van der Waals surface area contributed by atoms with Crippen LogP contribution in [0.25, 0.3) is 22.2 Å². The van der Waals surface area contributed by atoms with Crippen molar-refractivity contribution in [2.24, 2.45) is 0 Å². The lowest BCUT2D eigenvalue weighted by molar-refractivity contribution is 0.102. The molecule has 0 atom stereocenters. The number of pyridine rings is 2. The zero-order chi connectivity index (χ0) is 19.5. The second-order valence-electron chi connectivity index (χ2n) is 5.72. The summed E-state index contributed by atoms with van der Waals surface area (Å²) in [7, 11) is 0. The molecule has 4 aromatic rings. The van der Waals surface area contributed by atoms with Crippen molar-refractivity contribution in [3.05, 3.63) is 59.4 Å². The molecule has 0 saturated carbocycles. The Morgan fingerprint density at radius 1 is 1.25 bits per heavy atom. The molecule has 1 aromatic carbocycles. The number of benzene rings is 1. The summed E-state index contributed by atoms with van der Waals surface area (Å²) in [6.45, 7) is 2.04. The van der Waals surface area contributed by atoms with Gasteiger partial charge in [-0.1, -0.05) is 41.6 Å². The number of rotatable bonds is 5. The van der Waals surface area contributed by atoms with Crippen LogP contribution in [0.4, 0.5) is 5.13 Å². The number of halogens is 1. The van der Waals surface area contributed by atoms with Crippen LogP contribution >= 0.6 is 34.7 Å². The highest BCUT2D eigenvalue weighted by atomic mass is 35.5. The molecular formula is C19H14ClN5OS2. The molecule has 9 heteroatoms. The molecule has 0 radical (unpaired) electrons. The van der Waals surface area contributed by atoms with Crippen LogP contribution in [0, 0.1) is 0 Å². The first kappa shape index (κ1) is 18.8. The lowest BCUT2D eigenvalue weighted by Gasteiger charge is -2.09. The van der Waals surface area contributed by atoms with Crippen molar-refractivity contribution < 1.29 is 4.79 Å². The highest BCUT2D eigenvalue weighted by Crippen LogP contribution is 2.29. The first-order valence-corrected chi connectivity index (χ1v) is 10.6. The Hall–Kier alpha value is -2.55. The van der Waals surface area contributed by atoms with Gasteiger partial charge in [-0.05, 0) is 42.2 Å². The molecule has 1 N–H and O–H groups in total. The number of hydrogen-bond donors (Lipinski definition) is 1. The SMILES string of the molecule is CCSc1nnc(NC(=O)c2cc(-c3cccnc3)nc3ccc(Cl)cc23)s1. The lowest BCUT2D eigenvalue weighted by atomic mass is 10.0. The van der Waals surface area contributed by atoms with E-state index >= 15 is 0 Å². The molecule has 0 fully saturated rings. The molecular weight excluding hydrogens is 414 g/mol. The van der Waals surface area contributed by atoms with E-state index in [1.807, 2.05) is 19.1 Å². The highest BCUT2D eigenvalue weighted by molar-refractivity contribution is 8.01. The molecule has 0 unspecified atom stereocenters. The minimum absolute atomic E-state index is 0.288. The molecule has 6 nitrogen and oxygen atoms in total. The highest BCUT2D eigenvalue weighted by Gasteiger charge is 2.16. The van der Waals surface area contributed by atoms with Gasteiger partial charge in [0.1, 0.15) is 0 Å². The summed E-state index contributed by atoms with van der Waals surface area (Å²) in [6.07, 6.45) is 3.41. The summed E-state index contributed by atoms with van der Waals surface area (Å²) in [5, 5.41) is 12.6. The molecule has 0 bridgehead atoms. The number of hydrogen-bond acceptors (Lipinski definition) is 7. The molecule has 140 valence electrons. The standard InChI is InChI=1S/C19H14ClN5OS2/c1-2-27-19-25-24-18(28-19)23-17(26)14-9-16(11-4-3-7-21-10-11)22-15-6-5-12(20)8-13(14)15/h3-10H,2H2,1H3,(H,23,24,26). The third-order valence-corrected chi connectivity index (χ3v) is 5.96. The summed E-state index contributed by atoms with van der Waals surface area (Å²) in [5.41, 5.74) is 2.63. The molecule has 3 aromatic heterocycles. The smallest absolute Gasteiger partial charge is 0.258 e.